The van der Waals surface area contributed by atoms with Crippen molar-refractivity contribution in [2.75, 3.05) is 42.9 Å². The highest BCUT2D eigenvalue weighted by Crippen LogP contribution is 2.25. The number of hydrogen-bond acceptors (Lipinski definition) is 8. The predicted octanol–water partition coefficient (Wildman–Crippen LogP) is 3.31. The molecule has 3 aromatic heterocycles. The summed E-state index contributed by atoms with van der Waals surface area (Å²) >= 11 is 0. The Morgan fingerprint density at radius 2 is 1.84 bits per heavy atom. The summed E-state index contributed by atoms with van der Waals surface area (Å²) in [5.74, 6) is 1.70. The molecule has 0 unspecified atom stereocenters. The normalized spacial score (nSPS) is 15.2. The minimum absolute atomic E-state index is 0.460. The molecule has 1 N–H and O–H groups in total. The van der Waals surface area contributed by atoms with E-state index in [1.807, 2.05) is 35.3 Å². The molecule has 1 saturated heterocycles. The van der Waals surface area contributed by atoms with Crippen molar-refractivity contribution in [2.24, 2.45) is 5.92 Å². The van der Waals surface area contributed by atoms with Gasteiger partial charge in [0.15, 0.2) is 0 Å². The fraction of sp³-hybridized carbons (Fsp3) is 0.435. The third-order valence-corrected chi connectivity index (χ3v) is 5.93. The Balaban J connectivity index is 1.38. The number of nitrogens with zero attached hydrogens (tertiary/aromatic N) is 8. The van der Waals surface area contributed by atoms with E-state index in [1.54, 1.807) is 0 Å². The number of nitrogens with one attached hydrogen (secondary N) is 1. The Morgan fingerprint density at radius 3 is 2.56 bits per heavy atom. The van der Waals surface area contributed by atoms with E-state index in [2.05, 4.69) is 62.2 Å². The van der Waals surface area contributed by atoms with Crippen LogP contribution in [0.3, 0.4) is 0 Å². The summed E-state index contributed by atoms with van der Waals surface area (Å²) in [4.78, 5) is 18.7. The van der Waals surface area contributed by atoms with Gasteiger partial charge in [0.25, 0.3) is 0 Å². The van der Waals surface area contributed by atoms with Gasteiger partial charge in [0, 0.05) is 44.3 Å². The van der Waals surface area contributed by atoms with Crippen molar-refractivity contribution >= 4 is 39.4 Å². The van der Waals surface area contributed by atoms with Gasteiger partial charge in [0.05, 0.1) is 11.9 Å². The average Bonchev–Trinajstić information content (AvgIpc) is 3.22. The minimum Gasteiger partial charge on any atom is -0.368 e. The van der Waals surface area contributed by atoms with Crippen molar-refractivity contribution in [1.29, 1.82) is 0 Å². The first kappa shape index (κ1) is 20.6. The lowest BCUT2D eigenvalue weighted by atomic mass is 10.2. The molecule has 4 heterocycles. The Bertz CT molecular complexity index is 1210. The summed E-state index contributed by atoms with van der Waals surface area (Å²) in [5.41, 5.74) is 3.77. The van der Waals surface area contributed by atoms with Gasteiger partial charge in [-0.05, 0) is 36.7 Å². The van der Waals surface area contributed by atoms with Gasteiger partial charge in [-0.2, -0.15) is 0 Å². The van der Waals surface area contributed by atoms with Crippen LogP contribution in [0.5, 0.6) is 0 Å². The van der Waals surface area contributed by atoms with E-state index in [-0.39, 0.29) is 0 Å². The van der Waals surface area contributed by atoms with Crippen LogP contribution < -0.4 is 10.2 Å². The zero-order valence-corrected chi connectivity index (χ0v) is 18.9. The van der Waals surface area contributed by atoms with Crippen LogP contribution in [0, 0.1) is 5.92 Å². The molecule has 1 fully saturated rings. The maximum absolute atomic E-state index is 4.79. The monoisotopic (exact) mass is 431 g/mol. The first-order valence-electron chi connectivity index (χ1n) is 11.3. The van der Waals surface area contributed by atoms with Crippen LogP contribution in [-0.4, -0.2) is 67.6 Å². The number of piperazine rings is 1. The Hall–Kier alpha value is -3.33. The van der Waals surface area contributed by atoms with Crippen LogP contribution in [-0.2, 0) is 6.54 Å². The molecule has 0 atom stereocenters. The van der Waals surface area contributed by atoms with Crippen LogP contribution in [0.25, 0.3) is 21.9 Å². The molecule has 0 radical (unpaired) electrons. The lowest BCUT2D eigenvalue weighted by Crippen LogP contribution is -2.46. The third kappa shape index (κ3) is 4.08. The standard InChI is InChI=1S/C23H29N9/c1-4-30-9-11-31(12-10-30)18-6-8-20(24-14-18)26-23-25-13-17-5-7-19-22(21(17)27-23)32(29-28-19)15-16(2)3/h5-8,13-14,16H,4,9-12,15H2,1-3H3,(H,24,25,26,27). The number of pyridine rings is 1. The largest absolute Gasteiger partial charge is 0.368 e. The number of benzene rings is 1. The highest BCUT2D eigenvalue weighted by molar-refractivity contribution is 6.01. The number of anilines is 3. The first-order chi connectivity index (χ1) is 15.6. The molecule has 1 aliphatic rings. The summed E-state index contributed by atoms with van der Waals surface area (Å²) in [6.45, 7) is 12.7. The smallest absolute Gasteiger partial charge is 0.228 e. The lowest BCUT2D eigenvalue weighted by molar-refractivity contribution is 0.271. The fourth-order valence-corrected chi connectivity index (χ4v) is 4.17. The number of rotatable bonds is 6. The second kappa shape index (κ2) is 8.66. The van der Waals surface area contributed by atoms with Crippen LogP contribution in [0.15, 0.2) is 36.7 Å². The van der Waals surface area contributed by atoms with Gasteiger partial charge in [-0.15, -0.1) is 5.10 Å². The summed E-state index contributed by atoms with van der Waals surface area (Å²) in [7, 11) is 0. The Morgan fingerprint density at radius 1 is 1.00 bits per heavy atom. The summed E-state index contributed by atoms with van der Waals surface area (Å²) in [6, 6.07) is 8.05. The second-order valence-electron chi connectivity index (χ2n) is 8.68. The molecule has 0 saturated carbocycles. The Kier molecular flexibility index (Phi) is 5.57. The molecule has 9 nitrogen and oxygen atoms in total. The van der Waals surface area contributed by atoms with Crippen LogP contribution >= 0.6 is 0 Å². The number of hydrogen-bond donors (Lipinski definition) is 1. The summed E-state index contributed by atoms with van der Waals surface area (Å²) in [5, 5.41) is 12.9. The van der Waals surface area contributed by atoms with E-state index in [1.165, 1.54) is 0 Å². The topological polar surface area (TPSA) is 87.9 Å². The molecular formula is C23H29N9. The average molecular weight is 432 g/mol. The zero-order chi connectivity index (χ0) is 22.1. The van der Waals surface area contributed by atoms with Crippen molar-refractivity contribution in [1.82, 2.24) is 34.8 Å². The molecule has 9 heteroatoms. The van der Waals surface area contributed by atoms with Gasteiger partial charge < -0.3 is 15.1 Å². The van der Waals surface area contributed by atoms with Crippen molar-refractivity contribution < 1.29 is 0 Å². The summed E-state index contributed by atoms with van der Waals surface area (Å²) in [6.07, 6.45) is 3.75. The van der Waals surface area contributed by atoms with E-state index < -0.39 is 0 Å². The predicted molar refractivity (Wildman–Crippen MR) is 127 cm³/mol. The first-order valence-corrected chi connectivity index (χ1v) is 11.3. The van der Waals surface area contributed by atoms with Gasteiger partial charge in [0.2, 0.25) is 5.95 Å². The molecular weight excluding hydrogens is 402 g/mol. The molecule has 4 aromatic rings. The van der Waals surface area contributed by atoms with Crippen molar-refractivity contribution in [3.05, 3.63) is 36.7 Å². The molecule has 1 aliphatic heterocycles. The second-order valence-corrected chi connectivity index (χ2v) is 8.68. The third-order valence-electron chi connectivity index (χ3n) is 5.93. The quantitative estimate of drug-likeness (QED) is 0.497. The molecule has 0 aliphatic carbocycles. The van der Waals surface area contributed by atoms with Crippen molar-refractivity contribution in [3.8, 4) is 0 Å². The number of aromatic nitrogens is 6. The molecule has 0 bridgehead atoms. The molecule has 1 aromatic carbocycles. The molecule has 166 valence electrons. The van der Waals surface area contributed by atoms with Gasteiger partial charge in [-0.3, -0.25) is 0 Å². The lowest BCUT2D eigenvalue weighted by Gasteiger charge is -2.35. The van der Waals surface area contributed by atoms with Gasteiger partial charge in [0.1, 0.15) is 22.4 Å². The van der Waals surface area contributed by atoms with Crippen LogP contribution in [0.4, 0.5) is 17.5 Å². The van der Waals surface area contributed by atoms with Gasteiger partial charge in [-0.1, -0.05) is 26.0 Å². The fourth-order valence-electron chi connectivity index (χ4n) is 4.17. The zero-order valence-electron chi connectivity index (χ0n) is 18.9. The molecule has 0 spiro atoms. The molecule has 5 rings (SSSR count). The highest BCUT2D eigenvalue weighted by Gasteiger charge is 2.16. The van der Waals surface area contributed by atoms with E-state index in [9.17, 15) is 0 Å². The maximum Gasteiger partial charge on any atom is 0.228 e. The van der Waals surface area contributed by atoms with Crippen LogP contribution in [0.2, 0.25) is 0 Å². The van der Waals surface area contributed by atoms with E-state index >= 15 is 0 Å². The van der Waals surface area contributed by atoms with E-state index in [0.29, 0.717) is 11.9 Å². The van der Waals surface area contributed by atoms with Gasteiger partial charge in [-0.25, -0.2) is 19.6 Å². The van der Waals surface area contributed by atoms with E-state index in [4.69, 9.17) is 4.98 Å². The molecule has 0 amide bonds. The van der Waals surface area contributed by atoms with Crippen LogP contribution in [0.1, 0.15) is 20.8 Å². The molecule has 32 heavy (non-hydrogen) atoms. The maximum atomic E-state index is 4.79. The van der Waals surface area contributed by atoms with E-state index in [0.717, 1.165) is 72.7 Å². The van der Waals surface area contributed by atoms with Crippen molar-refractivity contribution in [2.45, 2.75) is 27.3 Å². The van der Waals surface area contributed by atoms with Crippen molar-refractivity contribution in [3.63, 3.8) is 0 Å². The Labute approximate surface area is 187 Å². The SMILES string of the molecule is CCN1CCN(c2ccc(Nc3ncc4ccc5nnn(CC(C)C)c5c4n3)nc2)CC1. The number of fused-ring (bicyclic) bond motifs is 3. The summed E-state index contributed by atoms with van der Waals surface area (Å²) < 4.78 is 1.93. The highest BCUT2D eigenvalue weighted by atomic mass is 15.4. The van der Waals surface area contributed by atoms with Gasteiger partial charge >= 0.3 is 0 Å². The minimum atomic E-state index is 0.460. The number of likely N-dealkylation sites (N-methyl/N-ethyl adjacent to an activating group) is 1.